The summed E-state index contributed by atoms with van der Waals surface area (Å²) < 4.78 is 22.0. The molecular weight excluding hydrogens is 464 g/mol. The normalized spacial score (nSPS) is 42.9. The minimum atomic E-state index is -1.87. The first-order valence-corrected chi connectivity index (χ1v) is 11.8. The highest BCUT2D eigenvalue weighted by Crippen LogP contribution is 2.40. The van der Waals surface area contributed by atoms with Crippen LogP contribution in [0.1, 0.15) is 34.1 Å². The summed E-state index contributed by atoms with van der Waals surface area (Å²) in [5.41, 5.74) is -1.18. The molecule has 35 heavy (non-hydrogen) atoms. The number of aliphatic hydroxyl groups is 6. The molecule has 0 aromatic rings. The van der Waals surface area contributed by atoms with E-state index >= 15 is 0 Å². The summed E-state index contributed by atoms with van der Waals surface area (Å²) in [4.78, 5) is 11.9. The van der Waals surface area contributed by atoms with Crippen molar-refractivity contribution in [1.82, 2.24) is 0 Å². The summed E-state index contributed by atoms with van der Waals surface area (Å²) in [7, 11) is 0. The summed E-state index contributed by atoms with van der Waals surface area (Å²) >= 11 is 0. The standard InChI is InChI=1S/C24H38O11/c1-12-7-14(26)8-23(3,4)15(12)6-5-13(2)34-21-19(29)18(28)17(27)16(35-21)9-32-22-20(30)24(31,10-25)11-33-22/h5-7,13,15-22,25,27-31H,8-11H2,1-4H3. The second-order valence-electron chi connectivity index (χ2n) is 10.5. The Kier molecular flexibility index (Phi) is 8.91. The van der Waals surface area contributed by atoms with Gasteiger partial charge in [0.2, 0.25) is 0 Å². The van der Waals surface area contributed by atoms with Gasteiger partial charge in [-0.3, -0.25) is 4.79 Å². The summed E-state index contributed by atoms with van der Waals surface area (Å²) in [6.07, 6.45) is -4.60. The summed E-state index contributed by atoms with van der Waals surface area (Å²) in [5.74, 6) is 0.116. The number of carbonyl (C=O) groups is 1. The van der Waals surface area contributed by atoms with E-state index in [2.05, 4.69) is 0 Å². The summed E-state index contributed by atoms with van der Waals surface area (Å²) in [6, 6.07) is 0. The molecule has 0 spiro atoms. The van der Waals surface area contributed by atoms with Crippen LogP contribution < -0.4 is 0 Å². The molecule has 0 bridgehead atoms. The lowest BCUT2D eigenvalue weighted by Crippen LogP contribution is -2.60. The van der Waals surface area contributed by atoms with Crippen molar-refractivity contribution in [2.24, 2.45) is 11.3 Å². The topological polar surface area (TPSA) is 175 Å². The first-order chi connectivity index (χ1) is 16.3. The van der Waals surface area contributed by atoms with Crippen LogP contribution in [0.3, 0.4) is 0 Å². The van der Waals surface area contributed by atoms with E-state index in [1.54, 1.807) is 19.1 Å². The third-order valence-corrected chi connectivity index (χ3v) is 6.95. The van der Waals surface area contributed by atoms with Crippen molar-refractivity contribution in [2.75, 3.05) is 19.8 Å². The quantitative estimate of drug-likeness (QED) is 0.219. The molecule has 11 heteroatoms. The first-order valence-electron chi connectivity index (χ1n) is 11.8. The van der Waals surface area contributed by atoms with Crippen molar-refractivity contribution in [2.45, 2.75) is 88.9 Å². The van der Waals surface area contributed by atoms with E-state index in [4.69, 9.17) is 18.9 Å². The van der Waals surface area contributed by atoms with E-state index in [0.717, 1.165) is 5.57 Å². The van der Waals surface area contributed by atoms with Crippen LogP contribution in [-0.2, 0) is 23.7 Å². The van der Waals surface area contributed by atoms with Crippen LogP contribution in [0.2, 0.25) is 0 Å². The molecule has 200 valence electrons. The molecule has 0 amide bonds. The molecule has 3 rings (SSSR count). The Morgan fingerprint density at radius 3 is 2.46 bits per heavy atom. The number of aliphatic hydroxyl groups excluding tert-OH is 5. The summed E-state index contributed by atoms with van der Waals surface area (Å²) in [6.45, 7) is 6.24. The van der Waals surface area contributed by atoms with Crippen molar-refractivity contribution < 1.29 is 54.4 Å². The Balaban J connectivity index is 1.60. The molecule has 10 unspecified atom stereocenters. The minimum absolute atomic E-state index is 0.0208. The second kappa shape index (κ2) is 11.0. The van der Waals surface area contributed by atoms with Gasteiger partial charge in [-0.25, -0.2) is 0 Å². The van der Waals surface area contributed by atoms with E-state index in [1.165, 1.54) is 0 Å². The Bertz CT molecular complexity index is 811. The maximum Gasteiger partial charge on any atom is 0.187 e. The fourth-order valence-electron chi connectivity index (χ4n) is 4.80. The largest absolute Gasteiger partial charge is 0.393 e. The molecule has 2 heterocycles. The SMILES string of the molecule is CC1=CC(=O)CC(C)(C)C1C=CC(C)OC1OC(COC2OCC(O)(CO)C2O)C(O)C(O)C1O. The van der Waals surface area contributed by atoms with Crippen molar-refractivity contribution in [1.29, 1.82) is 0 Å². The van der Waals surface area contributed by atoms with Gasteiger partial charge in [0.25, 0.3) is 0 Å². The maximum absolute atomic E-state index is 11.9. The molecule has 0 aromatic carbocycles. The van der Waals surface area contributed by atoms with Gasteiger partial charge < -0.3 is 49.6 Å². The zero-order valence-corrected chi connectivity index (χ0v) is 20.5. The fraction of sp³-hybridized carbons (Fsp3) is 0.792. The van der Waals surface area contributed by atoms with Crippen molar-refractivity contribution in [3.63, 3.8) is 0 Å². The predicted molar refractivity (Wildman–Crippen MR) is 121 cm³/mol. The van der Waals surface area contributed by atoms with Crippen LogP contribution in [0.5, 0.6) is 0 Å². The Labute approximate surface area is 204 Å². The third-order valence-electron chi connectivity index (χ3n) is 6.95. The lowest BCUT2D eigenvalue weighted by molar-refractivity contribution is -0.314. The molecule has 6 N–H and O–H groups in total. The van der Waals surface area contributed by atoms with Crippen molar-refractivity contribution >= 4 is 5.78 Å². The highest BCUT2D eigenvalue weighted by atomic mass is 16.7. The molecule has 0 radical (unpaired) electrons. The van der Waals surface area contributed by atoms with E-state index in [9.17, 15) is 35.4 Å². The Hall–Kier alpha value is -1.25. The van der Waals surface area contributed by atoms with Gasteiger partial charge >= 0.3 is 0 Å². The number of carbonyl (C=O) groups excluding carboxylic acids is 1. The van der Waals surface area contributed by atoms with Gasteiger partial charge in [-0.05, 0) is 25.3 Å². The zero-order valence-electron chi connectivity index (χ0n) is 20.5. The van der Waals surface area contributed by atoms with Gasteiger partial charge in [-0.1, -0.05) is 31.6 Å². The van der Waals surface area contributed by atoms with Crippen LogP contribution >= 0.6 is 0 Å². The lowest BCUT2D eigenvalue weighted by Gasteiger charge is -2.41. The molecule has 11 nitrogen and oxygen atoms in total. The molecule has 0 saturated carbocycles. The fourth-order valence-corrected chi connectivity index (χ4v) is 4.80. The monoisotopic (exact) mass is 502 g/mol. The van der Waals surface area contributed by atoms with Crippen LogP contribution in [0.15, 0.2) is 23.8 Å². The lowest BCUT2D eigenvalue weighted by atomic mass is 9.68. The zero-order chi connectivity index (χ0) is 26.1. The van der Waals surface area contributed by atoms with Crippen molar-refractivity contribution in [3.8, 4) is 0 Å². The molecule has 3 aliphatic rings. The third kappa shape index (κ3) is 6.19. The van der Waals surface area contributed by atoms with Gasteiger partial charge in [0.1, 0.15) is 36.1 Å². The van der Waals surface area contributed by atoms with Gasteiger partial charge in [0.05, 0.1) is 25.9 Å². The smallest absolute Gasteiger partial charge is 0.187 e. The maximum atomic E-state index is 11.9. The highest BCUT2D eigenvalue weighted by Gasteiger charge is 2.50. The number of ketones is 1. The van der Waals surface area contributed by atoms with E-state index in [-0.39, 0.29) is 30.3 Å². The van der Waals surface area contributed by atoms with Crippen LogP contribution in [-0.4, -0.2) is 111 Å². The molecule has 2 fully saturated rings. The number of hydrogen-bond donors (Lipinski definition) is 6. The minimum Gasteiger partial charge on any atom is -0.393 e. The average molecular weight is 503 g/mol. The molecule has 2 saturated heterocycles. The number of rotatable bonds is 8. The molecule has 2 aliphatic heterocycles. The molecular formula is C24H38O11. The average Bonchev–Trinajstić information content (AvgIpc) is 3.06. The molecule has 0 aromatic heterocycles. The van der Waals surface area contributed by atoms with Crippen molar-refractivity contribution in [3.05, 3.63) is 23.8 Å². The van der Waals surface area contributed by atoms with Gasteiger partial charge in [-0.15, -0.1) is 0 Å². The van der Waals surface area contributed by atoms with Gasteiger partial charge in [-0.2, -0.15) is 0 Å². The number of hydrogen-bond acceptors (Lipinski definition) is 11. The van der Waals surface area contributed by atoms with Crippen LogP contribution in [0, 0.1) is 11.3 Å². The van der Waals surface area contributed by atoms with Gasteiger partial charge in [0.15, 0.2) is 18.4 Å². The van der Waals surface area contributed by atoms with E-state index in [0.29, 0.717) is 6.42 Å². The van der Waals surface area contributed by atoms with Gasteiger partial charge in [0, 0.05) is 12.3 Å². The molecule has 10 atom stereocenters. The predicted octanol–water partition coefficient (Wildman–Crippen LogP) is -1.23. The van der Waals surface area contributed by atoms with Crippen LogP contribution in [0.25, 0.3) is 0 Å². The first kappa shape index (κ1) is 28.3. The molecule has 1 aliphatic carbocycles. The Morgan fingerprint density at radius 1 is 1.17 bits per heavy atom. The second-order valence-corrected chi connectivity index (χ2v) is 10.5. The highest BCUT2D eigenvalue weighted by molar-refractivity contribution is 5.92. The van der Waals surface area contributed by atoms with Crippen LogP contribution in [0.4, 0.5) is 0 Å². The Morgan fingerprint density at radius 2 is 1.86 bits per heavy atom. The number of ether oxygens (including phenoxy) is 4. The van der Waals surface area contributed by atoms with E-state index < -0.39 is 61.4 Å². The summed E-state index contributed by atoms with van der Waals surface area (Å²) in [5, 5.41) is 60.4. The number of allylic oxidation sites excluding steroid dienone is 3. The van der Waals surface area contributed by atoms with E-state index in [1.807, 2.05) is 26.8 Å².